The topological polar surface area (TPSA) is 38.3 Å². The molecule has 20 heavy (non-hydrogen) atoms. The van der Waals surface area contributed by atoms with Gasteiger partial charge in [-0.25, -0.2) is 0 Å². The maximum absolute atomic E-state index is 11.9. The van der Waals surface area contributed by atoms with E-state index in [0.29, 0.717) is 25.0 Å². The van der Waals surface area contributed by atoms with Crippen LogP contribution in [0.5, 0.6) is 5.75 Å². The first-order chi connectivity index (χ1) is 9.75. The number of nitrogens with one attached hydrogen (secondary N) is 1. The van der Waals surface area contributed by atoms with E-state index in [0.717, 1.165) is 18.6 Å². The first-order valence-electron chi connectivity index (χ1n) is 7.73. The normalized spacial score (nSPS) is 22.2. The summed E-state index contributed by atoms with van der Waals surface area (Å²) >= 11 is 0. The molecule has 1 aromatic carbocycles. The van der Waals surface area contributed by atoms with Crippen molar-refractivity contribution in [2.24, 2.45) is 5.92 Å². The van der Waals surface area contributed by atoms with Crippen molar-refractivity contribution >= 4 is 5.91 Å². The number of ether oxygens (including phenoxy) is 1. The van der Waals surface area contributed by atoms with Crippen LogP contribution in [0.25, 0.3) is 0 Å². The second-order valence-electron chi connectivity index (χ2n) is 5.70. The van der Waals surface area contributed by atoms with Gasteiger partial charge in [-0.2, -0.15) is 0 Å². The fourth-order valence-electron chi connectivity index (χ4n) is 2.75. The van der Waals surface area contributed by atoms with E-state index in [1.807, 2.05) is 30.3 Å². The van der Waals surface area contributed by atoms with Crippen LogP contribution in [0.4, 0.5) is 0 Å². The van der Waals surface area contributed by atoms with Gasteiger partial charge in [-0.15, -0.1) is 0 Å². The van der Waals surface area contributed by atoms with Crippen molar-refractivity contribution in [2.75, 3.05) is 6.61 Å². The molecule has 1 N–H and O–H groups in total. The Balaban J connectivity index is 1.60. The summed E-state index contributed by atoms with van der Waals surface area (Å²) in [5.74, 6) is 1.66. The van der Waals surface area contributed by atoms with Crippen LogP contribution in [-0.2, 0) is 4.79 Å². The van der Waals surface area contributed by atoms with Crippen LogP contribution in [0.15, 0.2) is 30.3 Å². The summed E-state index contributed by atoms with van der Waals surface area (Å²) in [7, 11) is 0. The van der Waals surface area contributed by atoms with E-state index in [-0.39, 0.29) is 5.91 Å². The molecule has 0 heterocycles. The van der Waals surface area contributed by atoms with Gasteiger partial charge in [0.2, 0.25) is 5.91 Å². The Kier molecular flexibility index (Phi) is 5.90. The molecule has 110 valence electrons. The molecule has 2 atom stereocenters. The molecule has 2 rings (SSSR count). The highest BCUT2D eigenvalue weighted by molar-refractivity contribution is 5.76. The molecule has 1 aliphatic carbocycles. The number of rotatable bonds is 6. The van der Waals surface area contributed by atoms with Crippen molar-refractivity contribution in [1.82, 2.24) is 5.32 Å². The van der Waals surface area contributed by atoms with Crippen molar-refractivity contribution in [1.29, 1.82) is 0 Å². The van der Waals surface area contributed by atoms with Crippen molar-refractivity contribution in [3.05, 3.63) is 30.3 Å². The SMILES string of the molecule is CC1CCCCC1NC(=O)CCCOc1ccccc1. The van der Waals surface area contributed by atoms with Crippen LogP contribution in [-0.4, -0.2) is 18.6 Å². The lowest BCUT2D eigenvalue weighted by atomic mass is 9.86. The summed E-state index contributed by atoms with van der Waals surface area (Å²) in [5, 5.41) is 3.17. The number of hydrogen-bond donors (Lipinski definition) is 1. The summed E-state index contributed by atoms with van der Waals surface area (Å²) in [6.07, 6.45) is 6.23. The quantitative estimate of drug-likeness (QED) is 0.806. The third-order valence-electron chi connectivity index (χ3n) is 4.02. The molecule has 0 bridgehead atoms. The molecule has 0 spiro atoms. The Morgan fingerprint density at radius 1 is 1.25 bits per heavy atom. The fourth-order valence-corrected chi connectivity index (χ4v) is 2.75. The molecule has 1 fully saturated rings. The Morgan fingerprint density at radius 3 is 2.75 bits per heavy atom. The first kappa shape index (κ1) is 14.9. The molecular weight excluding hydrogens is 250 g/mol. The van der Waals surface area contributed by atoms with E-state index >= 15 is 0 Å². The largest absolute Gasteiger partial charge is 0.494 e. The summed E-state index contributed by atoms with van der Waals surface area (Å²) in [5.41, 5.74) is 0. The predicted octanol–water partition coefficient (Wildman–Crippen LogP) is 3.54. The monoisotopic (exact) mass is 275 g/mol. The average Bonchev–Trinajstić information content (AvgIpc) is 2.47. The molecular formula is C17H25NO2. The van der Waals surface area contributed by atoms with Gasteiger partial charge in [-0.05, 0) is 37.3 Å². The van der Waals surface area contributed by atoms with Gasteiger partial charge in [0.05, 0.1) is 6.61 Å². The van der Waals surface area contributed by atoms with E-state index < -0.39 is 0 Å². The van der Waals surface area contributed by atoms with Gasteiger partial charge in [0, 0.05) is 12.5 Å². The average molecular weight is 275 g/mol. The zero-order valence-electron chi connectivity index (χ0n) is 12.3. The zero-order chi connectivity index (χ0) is 14.2. The molecule has 1 aromatic rings. The minimum atomic E-state index is 0.167. The molecule has 1 saturated carbocycles. The van der Waals surface area contributed by atoms with E-state index in [1.165, 1.54) is 19.3 Å². The number of carbonyl (C=O) groups is 1. The van der Waals surface area contributed by atoms with Crippen LogP contribution in [0.3, 0.4) is 0 Å². The standard InChI is InChI=1S/C17H25NO2/c1-14-8-5-6-11-16(14)18-17(19)12-7-13-20-15-9-3-2-4-10-15/h2-4,9-10,14,16H,5-8,11-13H2,1H3,(H,18,19). The van der Waals surface area contributed by atoms with Crippen molar-refractivity contribution in [2.45, 2.75) is 51.5 Å². The van der Waals surface area contributed by atoms with Crippen LogP contribution in [0.1, 0.15) is 45.4 Å². The second-order valence-corrected chi connectivity index (χ2v) is 5.70. The lowest BCUT2D eigenvalue weighted by Crippen LogP contribution is -2.41. The van der Waals surface area contributed by atoms with Gasteiger partial charge in [-0.3, -0.25) is 4.79 Å². The van der Waals surface area contributed by atoms with Gasteiger partial charge >= 0.3 is 0 Å². The van der Waals surface area contributed by atoms with Crippen LogP contribution in [0.2, 0.25) is 0 Å². The van der Waals surface area contributed by atoms with Gasteiger partial charge in [-0.1, -0.05) is 38.0 Å². The molecule has 0 saturated heterocycles. The lowest BCUT2D eigenvalue weighted by molar-refractivity contribution is -0.122. The van der Waals surface area contributed by atoms with Gasteiger partial charge in [0.1, 0.15) is 5.75 Å². The molecule has 3 heteroatoms. The van der Waals surface area contributed by atoms with Crippen LogP contribution < -0.4 is 10.1 Å². The first-order valence-corrected chi connectivity index (χ1v) is 7.73. The minimum absolute atomic E-state index is 0.167. The van der Waals surface area contributed by atoms with E-state index in [9.17, 15) is 4.79 Å². The van der Waals surface area contributed by atoms with Gasteiger partial charge < -0.3 is 10.1 Å². The minimum Gasteiger partial charge on any atom is -0.494 e. The smallest absolute Gasteiger partial charge is 0.220 e. The number of benzene rings is 1. The third-order valence-corrected chi connectivity index (χ3v) is 4.02. The fraction of sp³-hybridized carbons (Fsp3) is 0.588. The summed E-state index contributed by atoms with van der Waals surface area (Å²) in [6.45, 7) is 2.83. The number of para-hydroxylation sites is 1. The predicted molar refractivity (Wildman–Crippen MR) is 80.7 cm³/mol. The van der Waals surface area contributed by atoms with Crippen LogP contribution in [0, 0.1) is 5.92 Å². The summed E-state index contributed by atoms with van der Waals surface area (Å²) < 4.78 is 5.59. The van der Waals surface area contributed by atoms with Crippen LogP contribution >= 0.6 is 0 Å². The highest BCUT2D eigenvalue weighted by Gasteiger charge is 2.22. The number of hydrogen-bond acceptors (Lipinski definition) is 2. The van der Waals surface area contributed by atoms with E-state index in [4.69, 9.17) is 4.74 Å². The third kappa shape index (κ3) is 4.87. The molecule has 1 aliphatic rings. The molecule has 2 unspecified atom stereocenters. The molecule has 1 amide bonds. The van der Waals surface area contributed by atoms with Gasteiger partial charge in [0.15, 0.2) is 0 Å². The lowest BCUT2D eigenvalue weighted by Gasteiger charge is -2.29. The van der Waals surface area contributed by atoms with E-state index in [2.05, 4.69) is 12.2 Å². The Bertz CT molecular complexity index is 405. The number of amides is 1. The Morgan fingerprint density at radius 2 is 2.00 bits per heavy atom. The van der Waals surface area contributed by atoms with Crippen molar-refractivity contribution in [3.63, 3.8) is 0 Å². The summed E-state index contributed by atoms with van der Waals surface area (Å²) in [6, 6.07) is 10.1. The van der Waals surface area contributed by atoms with Crippen molar-refractivity contribution in [3.8, 4) is 5.75 Å². The maximum atomic E-state index is 11.9. The molecule has 0 aromatic heterocycles. The second kappa shape index (κ2) is 7.93. The Hall–Kier alpha value is -1.51. The maximum Gasteiger partial charge on any atom is 0.220 e. The highest BCUT2D eigenvalue weighted by atomic mass is 16.5. The zero-order valence-corrected chi connectivity index (χ0v) is 12.3. The molecule has 0 aliphatic heterocycles. The summed E-state index contributed by atoms with van der Waals surface area (Å²) in [4.78, 5) is 11.9. The Labute approximate surface area is 121 Å². The highest BCUT2D eigenvalue weighted by Crippen LogP contribution is 2.23. The van der Waals surface area contributed by atoms with E-state index in [1.54, 1.807) is 0 Å². The molecule has 3 nitrogen and oxygen atoms in total. The molecule has 0 radical (unpaired) electrons. The van der Waals surface area contributed by atoms with Gasteiger partial charge in [0.25, 0.3) is 0 Å². The van der Waals surface area contributed by atoms with Crippen molar-refractivity contribution < 1.29 is 9.53 Å². The number of carbonyl (C=O) groups excluding carboxylic acids is 1.